The summed E-state index contributed by atoms with van der Waals surface area (Å²) in [4.78, 5) is 1.98. The van der Waals surface area contributed by atoms with Crippen molar-refractivity contribution in [2.75, 3.05) is 34.3 Å². The summed E-state index contributed by atoms with van der Waals surface area (Å²) in [7, 11) is -8.24. The highest BCUT2D eigenvalue weighted by Gasteiger charge is 2.46. The third kappa shape index (κ3) is 7.24. The summed E-state index contributed by atoms with van der Waals surface area (Å²) in [5.41, 5.74) is 9.56. The zero-order valence-electron chi connectivity index (χ0n) is 36.5. The van der Waals surface area contributed by atoms with Crippen molar-refractivity contribution in [3.63, 3.8) is 0 Å². The Kier molecular flexibility index (Phi) is 10.5. The molecule has 6 aromatic rings. The van der Waals surface area contributed by atoms with Gasteiger partial charge in [-0.2, -0.15) is 13.0 Å². The molecule has 0 spiro atoms. The van der Waals surface area contributed by atoms with E-state index in [4.69, 9.17) is 0 Å². The highest BCUT2D eigenvalue weighted by atomic mass is 32.2. The van der Waals surface area contributed by atoms with E-state index in [1.54, 1.807) is 0 Å². The van der Waals surface area contributed by atoms with Crippen LogP contribution in [0.3, 0.4) is 0 Å². The Labute approximate surface area is 371 Å². The van der Waals surface area contributed by atoms with Crippen LogP contribution in [0.5, 0.6) is 0 Å². The number of para-hydroxylation sites is 1. The van der Waals surface area contributed by atoms with Crippen LogP contribution in [-0.4, -0.2) is 56.8 Å². The summed E-state index contributed by atoms with van der Waals surface area (Å²) in [6.45, 7) is 11.8. The number of nitrogens with zero attached hydrogens (tertiary/aromatic N) is 3. The van der Waals surface area contributed by atoms with Crippen LogP contribution in [-0.2, 0) is 31.0 Å². The van der Waals surface area contributed by atoms with E-state index in [0.717, 1.165) is 63.1 Å². The molecule has 320 valence electrons. The largest absolute Gasteiger partial charge is 0.343 e. The second-order valence-corrected chi connectivity index (χ2v) is 21.1. The second-order valence-electron chi connectivity index (χ2n) is 17.7. The van der Waals surface area contributed by atoms with Gasteiger partial charge in [-0.3, -0.25) is 4.55 Å². The lowest BCUT2D eigenvalue weighted by atomic mass is 9.79. The number of benzene rings is 6. The molecule has 1 N–H and O–H groups in total. The van der Waals surface area contributed by atoms with E-state index < -0.39 is 31.3 Å². The summed E-state index contributed by atoms with van der Waals surface area (Å²) in [5.74, 6) is -0.466. The molecule has 2 heterocycles. The molecule has 3 aliphatic rings. The number of hydrogen-bond donors (Lipinski definition) is 1. The van der Waals surface area contributed by atoms with E-state index in [1.165, 1.54) is 32.6 Å². The molecule has 0 amide bonds. The molecule has 0 bridgehead atoms. The third-order valence-corrected chi connectivity index (χ3v) is 14.6. The maximum atomic E-state index is 14.3. The normalized spacial score (nSPS) is 18.0. The quantitative estimate of drug-likeness (QED) is 0.103. The maximum Gasteiger partial charge on any atom is 0.266 e. The highest BCUT2D eigenvalue weighted by Crippen LogP contribution is 2.52. The summed E-state index contributed by atoms with van der Waals surface area (Å²) < 4.78 is 67.0. The van der Waals surface area contributed by atoms with Gasteiger partial charge in [0, 0.05) is 58.6 Å². The Morgan fingerprint density at radius 3 is 1.94 bits per heavy atom. The second kappa shape index (κ2) is 15.6. The standard InChI is InChI=1S/C53H51N3O5S2/c1-7-33-54-45-29-25-36-17-11-13-21-39(36)49(45)52(2,3)47(54)31-27-43-41-23-15-16-24-42(41)44(51(43)56(62(6,57)58)38-19-9-8-10-20-38)28-32-48-53(4,5)50-40-22-14-12-18-37(40)26-30-46(50)55(48)34-35-63(59,60)61/h8-32H,7,33-35H2,1-6H3/p+1. The minimum absolute atomic E-state index is 0.0235. The van der Waals surface area contributed by atoms with Gasteiger partial charge in [-0.05, 0) is 88.5 Å². The van der Waals surface area contributed by atoms with Gasteiger partial charge < -0.3 is 4.90 Å². The molecule has 0 atom stereocenters. The SMILES string of the molecule is CCC[N+]1=C(/C=C/C2=C(N(c3ccccc3)S(C)(=O)=O)C(=C/C=C3/N(CCS(=O)(=O)O)c4ccc5ccccc5c4C3(C)C)/c3ccccc32)C(C)(C)c2c1ccc1ccccc21. The lowest BCUT2D eigenvalue weighted by Crippen LogP contribution is -2.30. The Balaban J connectivity index is 1.29. The molecule has 0 aromatic heterocycles. The van der Waals surface area contributed by atoms with Crippen molar-refractivity contribution in [3.05, 3.63) is 185 Å². The molecule has 1 aliphatic carbocycles. The first-order chi connectivity index (χ1) is 30.0. The monoisotopic (exact) mass is 874 g/mol. The number of rotatable bonds is 11. The summed E-state index contributed by atoms with van der Waals surface area (Å²) >= 11 is 0. The Bertz CT molecular complexity index is 3250. The van der Waals surface area contributed by atoms with E-state index in [0.29, 0.717) is 17.0 Å². The molecule has 63 heavy (non-hydrogen) atoms. The van der Waals surface area contributed by atoms with Crippen LogP contribution < -0.4 is 9.21 Å². The number of allylic oxidation sites excluding steroid dienone is 7. The molecular weight excluding hydrogens is 823 g/mol. The van der Waals surface area contributed by atoms with Gasteiger partial charge in [-0.25, -0.2) is 12.7 Å². The van der Waals surface area contributed by atoms with Gasteiger partial charge in [0.1, 0.15) is 6.54 Å². The van der Waals surface area contributed by atoms with Crippen LogP contribution in [0.15, 0.2) is 163 Å². The predicted molar refractivity (Wildman–Crippen MR) is 260 cm³/mol. The molecule has 0 saturated heterocycles. The number of anilines is 2. The van der Waals surface area contributed by atoms with Crippen LogP contribution in [0.4, 0.5) is 17.1 Å². The molecule has 0 fully saturated rings. The van der Waals surface area contributed by atoms with E-state index in [-0.39, 0.29) is 12.0 Å². The minimum Gasteiger partial charge on any atom is -0.343 e. The molecule has 9 rings (SSSR count). The van der Waals surface area contributed by atoms with E-state index in [1.807, 2.05) is 95.9 Å². The van der Waals surface area contributed by atoms with Gasteiger partial charge >= 0.3 is 0 Å². The van der Waals surface area contributed by atoms with Crippen molar-refractivity contribution in [3.8, 4) is 0 Å². The minimum atomic E-state index is -4.30. The fraction of sp³-hybridized carbons (Fsp3) is 0.226. The van der Waals surface area contributed by atoms with Gasteiger partial charge in [-0.1, -0.05) is 124 Å². The third-order valence-electron chi connectivity index (χ3n) is 12.9. The first-order valence-corrected chi connectivity index (χ1v) is 24.9. The summed E-state index contributed by atoms with van der Waals surface area (Å²) in [5, 5.41) is 4.53. The van der Waals surface area contributed by atoms with Crippen LogP contribution in [0.25, 0.3) is 32.7 Å². The van der Waals surface area contributed by atoms with Crippen molar-refractivity contribution in [2.45, 2.75) is 51.9 Å². The lowest BCUT2D eigenvalue weighted by molar-refractivity contribution is -0.437. The van der Waals surface area contributed by atoms with Crippen molar-refractivity contribution < 1.29 is 26.0 Å². The van der Waals surface area contributed by atoms with Crippen LogP contribution >= 0.6 is 0 Å². The molecule has 2 aliphatic heterocycles. The van der Waals surface area contributed by atoms with Crippen LogP contribution in [0.2, 0.25) is 0 Å². The topological polar surface area (TPSA) is 98.0 Å². The molecule has 10 heteroatoms. The maximum absolute atomic E-state index is 14.3. The first-order valence-electron chi connectivity index (χ1n) is 21.4. The fourth-order valence-corrected chi connectivity index (χ4v) is 11.7. The molecule has 0 radical (unpaired) electrons. The van der Waals surface area contributed by atoms with Crippen molar-refractivity contribution >= 4 is 75.6 Å². The zero-order chi connectivity index (χ0) is 44.5. The molecule has 8 nitrogen and oxygen atoms in total. The van der Waals surface area contributed by atoms with Gasteiger partial charge in [0.25, 0.3) is 10.1 Å². The van der Waals surface area contributed by atoms with E-state index in [9.17, 15) is 21.4 Å². The Morgan fingerprint density at radius 1 is 0.683 bits per heavy atom. The average molecular weight is 875 g/mol. The Morgan fingerprint density at radius 2 is 1.29 bits per heavy atom. The number of fused-ring (bicyclic) bond motifs is 7. The van der Waals surface area contributed by atoms with Gasteiger partial charge in [0.2, 0.25) is 15.7 Å². The van der Waals surface area contributed by atoms with E-state index >= 15 is 0 Å². The van der Waals surface area contributed by atoms with Crippen molar-refractivity contribution in [1.82, 2.24) is 0 Å². The first kappa shape index (κ1) is 42.2. The van der Waals surface area contributed by atoms with Gasteiger partial charge in [0.05, 0.1) is 28.8 Å². The molecular formula is C53H52N3O5S2+. The smallest absolute Gasteiger partial charge is 0.266 e. The van der Waals surface area contributed by atoms with Gasteiger partial charge in [0.15, 0.2) is 5.71 Å². The summed E-state index contributed by atoms with van der Waals surface area (Å²) in [6.07, 6.45) is 10.4. The highest BCUT2D eigenvalue weighted by molar-refractivity contribution is 7.92. The predicted octanol–water partition coefficient (Wildman–Crippen LogP) is 11.2. The Hall–Kier alpha value is -6.07. The van der Waals surface area contributed by atoms with E-state index in [2.05, 4.69) is 99.9 Å². The summed E-state index contributed by atoms with van der Waals surface area (Å²) in [6, 6.07) is 42.4. The number of sulfonamides is 1. The fourth-order valence-electron chi connectivity index (χ4n) is 10.3. The molecule has 6 aromatic carbocycles. The van der Waals surface area contributed by atoms with Crippen LogP contribution in [0, 0.1) is 0 Å². The van der Waals surface area contributed by atoms with Crippen LogP contribution in [0.1, 0.15) is 63.3 Å². The molecule has 0 saturated carbocycles. The zero-order valence-corrected chi connectivity index (χ0v) is 38.1. The molecule has 0 unspecified atom stereocenters. The lowest BCUT2D eigenvalue weighted by Gasteiger charge is -2.28. The van der Waals surface area contributed by atoms with Crippen molar-refractivity contribution in [1.29, 1.82) is 0 Å². The average Bonchev–Trinajstić information content (AvgIpc) is 3.75. The number of hydrogen-bond acceptors (Lipinski definition) is 5. The van der Waals surface area contributed by atoms with Crippen molar-refractivity contribution in [2.24, 2.45) is 0 Å². The van der Waals surface area contributed by atoms with Gasteiger partial charge in [-0.15, -0.1) is 0 Å².